The van der Waals surface area contributed by atoms with E-state index in [2.05, 4.69) is 25.2 Å². The van der Waals surface area contributed by atoms with Gasteiger partial charge >= 0.3 is 18.8 Å². The Bertz CT molecular complexity index is 1730. The number of imidazole rings is 1. The molecule has 0 spiro atoms. The number of rotatable bonds is 7. The minimum Gasteiger partial charge on any atom is -0.483 e. The summed E-state index contributed by atoms with van der Waals surface area (Å²) in [5.41, 5.74) is 4.14. The van der Waals surface area contributed by atoms with Crippen molar-refractivity contribution in [3.63, 3.8) is 0 Å². The zero-order chi connectivity index (χ0) is 38.5. The van der Waals surface area contributed by atoms with Crippen LogP contribution < -0.4 is 10.2 Å². The summed E-state index contributed by atoms with van der Waals surface area (Å²) in [6.45, 7) is -0.545. The van der Waals surface area contributed by atoms with E-state index in [1.807, 2.05) is 74.6 Å². The third-order valence-electron chi connectivity index (χ3n) is 7.32. The van der Waals surface area contributed by atoms with Crippen LogP contribution in [0.2, 0.25) is 5.02 Å². The van der Waals surface area contributed by atoms with Gasteiger partial charge in [0.1, 0.15) is 11.7 Å². The van der Waals surface area contributed by atoms with Gasteiger partial charge in [0, 0.05) is 46.8 Å². The number of alkyl halides is 6. The summed E-state index contributed by atoms with van der Waals surface area (Å²) in [6, 6.07) is 12.8. The molecule has 0 aliphatic carbocycles. The highest BCUT2D eigenvalue weighted by Crippen LogP contribution is 2.35. The predicted octanol–water partition coefficient (Wildman–Crippen LogP) is 5.73. The van der Waals surface area contributed by atoms with Crippen molar-refractivity contribution < 1.29 is 55.7 Å². The molecule has 0 fully saturated rings. The number of amides is 2. The Kier molecular flexibility index (Phi) is 15.9. The summed E-state index contributed by atoms with van der Waals surface area (Å²) < 4.78 is 60.7. The number of aromatic amines is 2. The van der Waals surface area contributed by atoms with Crippen LogP contribution in [0.4, 0.5) is 32.0 Å². The van der Waals surface area contributed by atoms with Crippen LogP contribution >= 0.6 is 11.6 Å². The zero-order valence-electron chi connectivity index (χ0n) is 27.3. The standard InChI is InChI=1S/C28H31ClN6O2.C2HF3O2.CHF3.CH2O2/c1-17(22-12-31-23-7-5-4-6-21(22)23)26(33-27(36)24-13-30-16-32-24)28(37)35-15-18(14-34(2)3)10-19-11-20(29)8-9-25(19)35;3-2(4,5)1(6)7;2-1(3)4;2-1-3/h4-9,11-13,16-18,26,31H,10,14-15H2,1-3H3,(H,30,32)(H,33,36);(H,6,7);1H;1H,(H,2,3)/t17?,18-,26?;;;/m1.../s1. The second-order valence-corrected chi connectivity index (χ2v) is 11.6. The van der Waals surface area contributed by atoms with Crippen LogP contribution in [-0.2, 0) is 20.8 Å². The molecule has 1 aliphatic rings. The molecule has 0 saturated heterocycles. The Morgan fingerprint density at radius 3 is 2.29 bits per heavy atom. The van der Waals surface area contributed by atoms with Crippen LogP contribution in [0, 0.1) is 5.92 Å². The van der Waals surface area contributed by atoms with Gasteiger partial charge < -0.3 is 35.3 Å². The lowest BCUT2D eigenvalue weighted by molar-refractivity contribution is -0.192. The van der Waals surface area contributed by atoms with Gasteiger partial charge in [-0.3, -0.25) is 14.4 Å². The Morgan fingerprint density at radius 2 is 1.75 bits per heavy atom. The second kappa shape index (κ2) is 19.3. The van der Waals surface area contributed by atoms with E-state index in [1.54, 1.807) is 0 Å². The first kappa shape index (κ1) is 42.1. The molecule has 2 aromatic carbocycles. The molecule has 2 aromatic heterocycles. The number of nitrogens with one attached hydrogen (secondary N) is 3. The summed E-state index contributed by atoms with van der Waals surface area (Å²) in [5.74, 6) is -3.36. The van der Waals surface area contributed by atoms with E-state index >= 15 is 0 Å². The molecule has 1 aliphatic heterocycles. The van der Waals surface area contributed by atoms with Crippen molar-refractivity contribution in [3.05, 3.63) is 83.0 Å². The fourth-order valence-electron chi connectivity index (χ4n) is 5.38. The quantitative estimate of drug-likeness (QED) is 0.118. The summed E-state index contributed by atoms with van der Waals surface area (Å²) in [7, 11) is 4.07. The lowest BCUT2D eigenvalue weighted by Gasteiger charge is -2.38. The SMILES string of the molecule is CC(c1c[nH]c2ccccc12)C(NC(=O)c1cnc[nH]1)C(=O)N1C[C@@H](CN(C)C)Cc2cc(Cl)ccc21.FC(F)F.O=C(O)C(F)(F)F.O=CO. The molecule has 2 amide bonds. The molecule has 3 atom stereocenters. The van der Waals surface area contributed by atoms with Crippen LogP contribution in [0.15, 0.2) is 61.2 Å². The average molecular weight is 749 g/mol. The Balaban J connectivity index is 0.000000550. The number of carbonyl (C=O) groups is 4. The second-order valence-electron chi connectivity index (χ2n) is 11.2. The number of aromatic nitrogens is 3. The number of fused-ring (bicyclic) bond motifs is 2. The number of hydrogen-bond donors (Lipinski definition) is 5. The van der Waals surface area contributed by atoms with Crippen molar-refractivity contribution >= 4 is 52.4 Å². The van der Waals surface area contributed by atoms with Crippen LogP contribution in [0.25, 0.3) is 10.9 Å². The number of halogens is 7. The molecule has 0 bridgehead atoms. The molecule has 3 heterocycles. The topological polar surface area (TPSA) is 172 Å². The summed E-state index contributed by atoms with van der Waals surface area (Å²) >= 11 is 6.34. The molecule has 51 heavy (non-hydrogen) atoms. The monoisotopic (exact) mass is 748 g/mol. The van der Waals surface area contributed by atoms with Gasteiger partial charge in [0.2, 0.25) is 5.91 Å². The number of hydrogen-bond acceptors (Lipinski definition) is 6. The van der Waals surface area contributed by atoms with Gasteiger partial charge in [-0.1, -0.05) is 36.7 Å². The fourth-order valence-corrected chi connectivity index (χ4v) is 5.57. The number of benzene rings is 2. The molecule has 278 valence electrons. The molecule has 19 heteroatoms. The molecular formula is C32H35ClF6N6O6. The van der Waals surface area contributed by atoms with E-state index in [0.29, 0.717) is 17.3 Å². The first-order valence-corrected chi connectivity index (χ1v) is 15.2. The van der Waals surface area contributed by atoms with Crippen LogP contribution in [-0.4, -0.2) is 100 Å². The predicted molar refractivity (Wildman–Crippen MR) is 176 cm³/mol. The number of aliphatic carboxylic acids is 1. The Morgan fingerprint density at radius 1 is 1.14 bits per heavy atom. The third kappa shape index (κ3) is 12.6. The lowest BCUT2D eigenvalue weighted by Crippen LogP contribution is -2.54. The first-order valence-electron chi connectivity index (χ1n) is 14.8. The summed E-state index contributed by atoms with van der Waals surface area (Å²) in [5, 5.41) is 18.7. The minimum atomic E-state index is -5.08. The smallest absolute Gasteiger partial charge is 0.483 e. The van der Waals surface area contributed by atoms with Gasteiger partial charge in [-0.2, -0.15) is 26.3 Å². The van der Waals surface area contributed by atoms with Gasteiger partial charge in [0.25, 0.3) is 12.4 Å². The van der Waals surface area contributed by atoms with E-state index in [1.165, 1.54) is 12.5 Å². The van der Waals surface area contributed by atoms with E-state index in [0.717, 1.165) is 40.7 Å². The maximum absolute atomic E-state index is 14.4. The van der Waals surface area contributed by atoms with Crippen molar-refractivity contribution in [2.24, 2.45) is 5.92 Å². The van der Waals surface area contributed by atoms with Crippen molar-refractivity contribution in [2.45, 2.75) is 38.2 Å². The summed E-state index contributed by atoms with van der Waals surface area (Å²) in [4.78, 5) is 58.9. The number of nitrogens with zero attached hydrogens (tertiary/aromatic N) is 3. The van der Waals surface area contributed by atoms with Crippen molar-refractivity contribution in [2.75, 3.05) is 32.1 Å². The largest absolute Gasteiger partial charge is 0.490 e. The van der Waals surface area contributed by atoms with Gasteiger partial charge in [-0.25, -0.2) is 9.78 Å². The number of para-hydroxylation sites is 1. The number of carbonyl (C=O) groups excluding carboxylic acids is 2. The summed E-state index contributed by atoms with van der Waals surface area (Å²) in [6.07, 6.45) is 0.585. The minimum absolute atomic E-state index is 0.155. The fraction of sp³-hybridized carbons (Fsp3) is 0.344. The number of H-pyrrole nitrogens is 2. The first-order chi connectivity index (χ1) is 23.9. The Labute approximate surface area is 292 Å². The van der Waals surface area contributed by atoms with E-state index in [4.69, 9.17) is 31.4 Å². The van der Waals surface area contributed by atoms with Gasteiger partial charge in [0.05, 0.1) is 12.5 Å². The molecule has 5 N–H and O–H groups in total. The third-order valence-corrected chi connectivity index (χ3v) is 7.56. The van der Waals surface area contributed by atoms with Crippen LogP contribution in [0.3, 0.4) is 0 Å². The molecule has 12 nitrogen and oxygen atoms in total. The van der Waals surface area contributed by atoms with E-state index in [9.17, 15) is 35.9 Å². The molecule has 0 radical (unpaired) electrons. The average Bonchev–Trinajstić information content (AvgIpc) is 3.73. The maximum Gasteiger partial charge on any atom is 0.490 e. The molecule has 0 saturated carbocycles. The van der Waals surface area contributed by atoms with Gasteiger partial charge in [0.15, 0.2) is 0 Å². The molecule has 2 unspecified atom stereocenters. The zero-order valence-corrected chi connectivity index (χ0v) is 28.1. The number of carboxylic acid groups (broad SMARTS) is 2. The molecule has 4 aromatic rings. The number of anilines is 1. The highest BCUT2D eigenvalue weighted by molar-refractivity contribution is 6.30. The van der Waals surface area contributed by atoms with Crippen LogP contribution in [0.1, 0.15) is 34.5 Å². The lowest BCUT2D eigenvalue weighted by atomic mass is 9.88. The number of carboxylic acids is 1. The van der Waals surface area contributed by atoms with Crippen molar-refractivity contribution in [1.29, 1.82) is 0 Å². The van der Waals surface area contributed by atoms with Crippen LogP contribution in [0.5, 0.6) is 0 Å². The molecule has 5 rings (SSSR count). The highest BCUT2D eigenvalue weighted by Gasteiger charge is 2.39. The van der Waals surface area contributed by atoms with Gasteiger partial charge in [-0.15, -0.1) is 0 Å². The highest BCUT2D eigenvalue weighted by atomic mass is 35.5. The van der Waals surface area contributed by atoms with Crippen molar-refractivity contribution in [3.8, 4) is 0 Å². The maximum atomic E-state index is 14.4. The Hall–Kier alpha value is -5.10. The van der Waals surface area contributed by atoms with E-state index in [-0.39, 0.29) is 30.1 Å². The van der Waals surface area contributed by atoms with Crippen molar-refractivity contribution in [1.82, 2.24) is 25.2 Å². The normalized spacial score (nSPS) is 14.8. The van der Waals surface area contributed by atoms with Gasteiger partial charge in [-0.05, 0) is 61.8 Å². The molecular weight excluding hydrogens is 714 g/mol. The van der Waals surface area contributed by atoms with E-state index < -0.39 is 24.9 Å².